The quantitative estimate of drug-likeness (QED) is 0.517. The maximum atomic E-state index is 14.0. The van der Waals surface area contributed by atoms with Crippen LogP contribution in [0.4, 0.5) is 14.5 Å². The molecular weight excluding hydrogens is 400 g/mol. The van der Waals surface area contributed by atoms with Gasteiger partial charge in [-0.25, -0.2) is 13.0 Å². The van der Waals surface area contributed by atoms with Crippen molar-refractivity contribution in [1.82, 2.24) is 9.80 Å². The van der Waals surface area contributed by atoms with Gasteiger partial charge in [-0.3, -0.25) is 19.0 Å². The molecule has 0 aromatic heterocycles. The van der Waals surface area contributed by atoms with E-state index in [4.69, 9.17) is 4.55 Å². The molecule has 0 saturated carbocycles. The van der Waals surface area contributed by atoms with Crippen LogP contribution in [-0.2, 0) is 11.3 Å². The molecule has 1 aromatic rings. The zero-order valence-corrected chi connectivity index (χ0v) is 17.2. The molecule has 1 saturated heterocycles. The molecule has 0 aliphatic carbocycles. The average molecular weight is 426 g/mol. The Morgan fingerprint density at radius 1 is 1.34 bits per heavy atom. The van der Waals surface area contributed by atoms with Crippen LogP contribution in [0.2, 0.25) is 0 Å². The molecular formula is C20H25F2N3O3S. The first-order valence-electron chi connectivity index (χ1n) is 9.05. The largest absolute Gasteiger partial charge is 0.333 e. The normalized spacial score (nSPS) is 20.4. The number of carbonyl (C=O) groups is 1. The Labute approximate surface area is 172 Å². The summed E-state index contributed by atoms with van der Waals surface area (Å²) in [5.41, 5.74) is 0.739. The van der Waals surface area contributed by atoms with Gasteiger partial charge in [0.1, 0.15) is 11.7 Å². The standard InChI is InChI=1S/C20H25F2N3O3S/c1-5-18(22)19(14(3)21)15(4)24-10-11-25(13(2)12-24)20(26)16-6-8-17(9-7-16)23-29(27)28/h5-9,13,15,23H,1,3,10-12H2,2,4H3,(H,27,28)/b19-18-/t13-,15?/m1/s1. The van der Waals surface area contributed by atoms with Gasteiger partial charge in [-0.05, 0) is 44.2 Å². The molecule has 1 aliphatic heterocycles. The molecule has 0 radical (unpaired) electrons. The molecule has 0 spiro atoms. The molecule has 1 amide bonds. The molecule has 9 heteroatoms. The van der Waals surface area contributed by atoms with Gasteiger partial charge in [0.25, 0.3) is 17.2 Å². The second-order valence-corrected chi connectivity index (χ2v) is 7.52. The molecule has 6 nitrogen and oxygen atoms in total. The van der Waals surface area contributed by atoms with Crippen LogP contribution in [0, 0.1) is 0 Å². The van der Waals surface area contributed by atoms with Crippen LogP contribution in [0.5, 0.6) is 0 Å². The summed E-state index contributed by atoms with van der Waals surface area (Å²) in [7, 11) is 0. The number of hydrogen-bond acceptors (Lipinski definition) is 3. The molecule has 1 aromatic carbocycles. The van der Waals surface area contributed by atoms with Gasteiger partial charge in [0.2, 0.25) is 0 Å². The molecule has 1 aliphatic rings. The van der Waals surface area contributed by atoms with Crippen molar-refractivity contribution in [2.24, 2.45) is 0 Å². The fraction of sp³-hybridized carbons (Fsp3) is 0.350. The minimum Gasteiger partial charge on any atom is -0.333 e. The molecule has 29 heavy (non-hydrogen) atoms. The first kappa shape index (κ1) is 22.9. The third-order valence-corrected chi connectivity index (χ3v) is 5.36. The zero-order chi connectivity index (χ0) is 21.7. The Morgan fingerprint density at radius 3 is 2.45 bits per heavy atom. The maximum Gasteiger partial charge on any atom is 0.259 e. The summed E-state index contributed by atoms with van der Waals surface area (Å²) in [6.45, 7) is 11.4. The highest BCUT2D eigenvalue weighted by molar-refractivity contribution is 7.80. The number of nitrogens with zero attached hydrogens (tertiary/aromatic N) is 2. The summed E-state index contributed by atoms with van der Waals surface area (Å²) < 4.78 is 49.7. The number of anilines is 1. The molecule has 2 N–H and O–H groups in total. The number of nitrogens with one attached hydrogen (secondary N) is 1. The summed E-state index contributed by atoms with van der Waals surface area (Å²) in [5.74, 6) is -1.75. The van der Waals surface area contributed by atoms with Crippen molar-refractivity contribution in [3.63, 3.8) is 0 Å². The van der Waals surface area contributed by atoms with Crippen molar-refractivity contribution < 1.29 is 22.3 Å². The first-order chi connectivity index (χ1) is 13.6. The highest BCUT2D eigenvalue weighted by atomic mass is 32.2. The van der Waals surface area contributed by atoms with Gasteiger partial charge < -0.3 is 4.90 Å². The van der Waals surface area contributed by atoms with Gasteiger partial charge >= 0.3 is 0 Å². The van der Waals surface area contributed by atoms with Crippen LogP contribution in [0.1, 0.15) is 24.2 Å². The van der Waals surface area contributed by atoms with Crippen LogP contribution < -0.4 is 4.72 Å². The van der Waals surface area contributed by atoms with Gasteiger partial charge in [0.05, 0.1) is 0 Å². The topological polar surface area (TPSA) is 72.9 Å². The van der Waals surface area contributed by atoms with E-state index in [1.165, 1.54) is 0 Å². The number of allylic oxidation sites excluding steroid dienone is 2. The SMILES string of the molecule is C=C/C(F)=C(\C(=C)F)C(C)N1CCN(C(=O)c2ccc(NS(=O)O)cc2)[C@H](C)C1. The minimum atomic E-state index is -2.18. The lowest BCUT2D eigenvalue weighted by atomic mass is 10.0. The summed E-state index contributed by atoms with van der Waals surface area (Å²) in [6.07, 6.45) is 0.963. The summed E-state index contributed by atoms with van der Waals surface area (Å²) >= 11 is -2.18. The third kappa shape index (κ3) is 5.59. The van der Waals surface area contributed by atoms with Crippen molar-refractivity contribution >= 4 is 22.9 Å². The predicted octanol–water partition coefficient (Wildman–Crippen LogP) is 3.66. The summed E-state index contributed by atoms with van der Waals surface area (Å²) in [6, 6.07) is 5.52. The van der Waals surface area contributed by atoms with E-state index in [-0.39, 0.29) is 17.5 Å². The number of hydrogen-bond donors (Lipinski definition) is 2. The van der Waals surface area contributed by atoms with Crippen LogP contribution in [0.3, 0.4) is 0 Å². The van der Waals surface area contributed by atoms with Gasteiger partial charge in [-0.2, -0.15) is 0 Å². The Hall–Kier alpha value is -2.36. The number of carbonyl (C=O) groups excluding carboxylic acids is 1. The lowest BCUT2D eigenvalue weighted by Gasteiger charge is -2.42. The summed E-state index contributed by atoms with van der Waals surface area (Å²) in [4.78, 5) is 16.4. The van der Waals surface area contributed by atoms with E-state index in [9.17, 15) is 17.8 Å². The molecule has 1 fully saturated rings. The zero-order valence-electron chi connectivity index (χ0n) is 16.4. The monoisotopic (exact) mass is 425 g/mol. The molecule has 2 rings (SSSR count). The maximum absolute atomic E-state index is 14.0. The van der Waals surface area contributed by atoms with E-state index in [1.54, 1.807) is 36.1 Å². The number of halogens is 2. The third-order valence-electron chi connectivity index (χ3n) is 4.95. The highest BCUT2D eigenvalue weighted by Gasteiger charge is 2.32. The van der Waals surface area contributed by atoms with Crippen molar-refractivity contribution in [3.05, 3.63) is 66.3 Å². The Bertz CT molecular complexity index is 842. The van der Waals surface area contributed by atoms with Crippen molar-refractivity contribution in [2.75, 3.05) is 24.4 Å². The number of amides is 1. The molecule has 2 unspecified atom stereocenters. The highest BCUT2D eigenvalue weighted by Crippen LogP contribution is 2.26. The Kier molecular flexibility index (Phi) is 7.83. The molecule has 158 valence electrons. The predicted molar refractivity (Wildman–Crippen MR) is 111 cm³/mol. The van der Waals surface area contributed by atoms with Crippen LogP contribution >= 0.6 is 0 Å². The second kappa shape index (κ2) is 9.91. The fourth-order valence-corrected chi connectivity index (χ4v) is 3.77. The van der Waals surface area contributed by atoms with Crippen molar-refractivity contribution in [3.8, 4) is 0 Å². The molecule has 1 heterocycles. The van der Waals surface area contributed by atoms with Crippen molar-refractivity contribution in [1.29, 1.82) is 0 Å². The fourth-order valence-electron chi connectivity index (χ4n) is 3.44. The Morgan fingerprint density at radius 2 is 1.97 bits per heavy atom. The van der Waals surface area contributed by atoms with Gasteiger partial charge in [-0.15, -0.1) is 0 Å². The van der Waals surface area contributed by atoms with E-state index < -0.39 is 29.0 Å². The number of piperazine rings is 1. The van der Waals surface area contributed by atoms with Crippen LogP contribution in [-0.4, -0.2) is 56.2 Å². The first-order valence-corrected chi connectivity index (χ1v) is 10.2. The van der Waals surface area contributed by atoms with E-state index in [1.807, 2.05) is 11.8 Å². The lowest BCUT2D eigenvalue weighted by molar-refractivity contribution is 0.0439. The van der Waals surface area contributed by atoms with Gasteiger partial charge in [0, 0.05) is 48.5 Å². The van der Waals surface area contributed by atoms with Crippen molar-refractivity contribution in [2.45, 2.75) is 25.9 Å². The smallest absolute Gasteiger partial charge is 0.259 e. The number of rotatable bonds is 7. The second-order valence-electron chi connectivity index (χ2n) is 6.82. The van der Waals surface area contributed by atoms with E-state index in [0.29, 0.717) is 30.9 Å². The van der Waals surface area contributed by atoms with Gasteiger partial charge in [0.15, 0.2) is 0 Å². The minimum absolute atomic E-state index is 0.128. The van der Waals surface area contributed by atoms with Crippen LogP contribution in [0.25, 0.3) is 0 Å². The number of benzene rings is 1. The van der Waals surface area contributed by atoms with E-state index in [2.05, 4.69) is 17.9 Å². The van der Waals surface area contributed by atoms with Crippen LogP contribution in [0.15, 0.2) is 60.7 Å². The van der Waals surface area contributed by atoms with Gasteiger partial charge in [-0.1, -0.05) is 13.2 Å². The van der Waals surface area contributed by atoms with E-state index >= 15 is 0 Å². The molecule has 3 atom stereocenters. The van der Waals surface area contributed by atoms with E-state index in [0.717, 1.165) is 6.08 Å². The molecule has 0 bridgehead atoms. The Balaban J connectivity index is 2.09. The lowest BCUT2D eigenvalue weighted by Crippen LogP contribution is -2.56. The summed E-state index contributed by atoms with van der Waals surface area (Å²) in [5, 5.41) is 0. The average Bonchev–Trinajstić information content (AvgIpc) is 2.67.